The summed E-state index contributed by atoms with van der Waals surface area (Å²) in [4.78, 5) is 13.4. The number of hydrogen-bond donors (Lipinski definition) is 2. The molecule has 0 aliphatic rings. The fourth-order valence-electron chi connectivity index (χ4n) is 3.03. The number of thiol groups is 1. The van der Waals surface area contributed by atoms with Gasteiger partial charge in [-0.25, -0.2) is 0 Å². The lowest BCUT2D eigenvalue weighted by molar-refractivity contribution is -0.115. The molecule has 3 aromatic carbocycles. The highest BCUT2D eigenvalue weighted by Crippen LogP contribution is 2.28. The molecule has 0 saturated carbocycles. The van der Waals surface area contributed by atoms with Crippen LogP contribution < -0.4 is 10.1 Å². The summed E-state index contributed by atoms with van der Waals surface area (Å²) in [6.07, 6.45) is 0.232. The van der Waals surface area contributed by atoms with Crippen LogP contribution in [0.1, 0.15) is 27.8 Å². The molecule has 1 amide bonds. The van der Waals surface area contributed by atoms with Crippen molar-refractivity contribution in [1.82, 2.24) is 0 Å². The molecule has 0 saturated heterocycles. The van der Waals surface area contributed by atoms with Gasteiger partial charge in [-0.1, -0.05) is 12.1 Å². The van der Waals surface area contributed by atoms with Gasteiger partial charge in [-0.05, 0) is 85.5 Å². The van der Waals surface area contributed by atoms with Crippen molar-refractivity contribution in [2.45, 2.75) is 32.1 Å². The van der Waals surface area contributed by atoms with Crippen molar-refractivity contribution in [3.8, 4) is 17.6 Å². The number of nitriles is 1. The van der Waals surface area contributed by atoms with Gasteiger partial charge in [-0.3, -0.25) is 4.79 Å². The second kappa shape index (κ2) is 8.85. The number of hydrogen-bond acceptors (Lipinski definition) is 4. The van der Waals surface area contributed by atoms with Crippen LogP contribution in [0.25, 0.3) is 0 Å². The van der Waals surface area contributed by atoms with Gasteiger partial charge in [0, 0.05) is 10.6 Å². The Hall–Kier alpha value is -3.23. The summed E-state index contributed by atoms with van der Waals surface area (Å²) in [7, 11) is 0. The normalized spacial score (nSPS) is 10.3. The lowest BCUT2D eigenvalue weighted by Crippen LogP contribution is -2.15. The number of carbonyl (C=O) groups excluding carboxylic acids is 1. The van der Waals surface area contributed by atoms with Gasteiger partial charge in [0.05, 0.1) is 18.1 Å². The molecule has 4 nitrogen and oxygen atoms in total. The average Bonchev–Trinajstić information content (AvgIpc) is 2.66. The van der Waals surface area contributed by atoms with E-state index >= 15 is 0 Å². The Morgan fingerprint density at radius 2 is 1.83 bits per heavy atom. The van der Waals surface area contributed by atoms with Crippen molar-refractivity contribution in [2.24, 2.45) is 0 Å². The molecule has 0 heterocycles. The van der Waals surface area contributed by atoms with E-state index < -0.39 is 0 Å². The number of ether oxygens (including phenoxy) is 1. The molecule has 0 aliphatic carbocycles. The molecule has 1 N–H and O–H groups in total. The lowest BCUT2D eigenvalue weighted by atomic mass is 10.1. The van der Waals surface area contributed by atoms with Crippen LogP contribution in [0, 0.1) is 32.1 Å². The second-order valence-electron chi connectivity index (χ2n) is 7.07. The summed E-state index contributed by atoms with van der Waals surface area (Å²) in [5.41, 5.74) is 5.05. The van der Waals surface area contributed by atoms with Crippen molar-refractivity contribution in [2.75, 3.05) is 5.32 Å². The van der Waals surface area contributed by atoms with E-state index in [9.17, 15) is 4.79 Å². The third kappa shape index (κ3) is 5.40. The number of carbonyl (C=O) groups is 1. The Labute approximate surface area is 176 Å². The monoisotopic (exact) mass is 402 g/mol. The summed E-state index contributed by atoms with van der Waals surface area (Å²) < 4.78 is 6.01. The molecule has 29 heavy (non-hydrogen) atoms. The molecule has 0 unspecified atom stereocenters. The number of anilines is 1. The van der Waals surface area contributed by atoms with Crippen molar-refractivity contribution >= 4 is 24.2 Å². The smallest absolute Gasteiger partial charge is 0.228 e. The summed E-state index contributed by atoms with van der Waals surface area (Å²) in [5.74, 6) is 1.17. The molecule has 0 atom stereocenters. The Bertz CT molecular complexity index is 1120. The van der Waals surface area contributed by atoms with Crippen LogP contribution in [0.4, 0.5) is 5.69 Å². The van der Waals surface area contributed by atoms with Gasteiger partial charge in [0.15, 0.2) is 0 Å². The van der Waals surface area contributed by atoms with Gasteiger partial charge in [-0.15, -0.1) is 12.6 Å². The van der Waals surface area contributed by atoms with Crippen LogP contribution in [0.2, 0.25) is 0 Å². The van der Waals surface area contributed by atoms with Crippen LogP contribution in [-0.4, -0.2) is 5.91 Å². The fourth-order valence-corrected chi connectivity index (χ4v) is 3.30. The number of benzene rings is 3. The third-order valence-electron chi connectivity index (χ3n) is 4.51. The highest BCUT2D eigenvalue weighted by Gasteiger charge is 2.10. The summed E-state index contributed by atoms with van der Waals surface area (Å²) in [6.45, 7) is 5.80. The van der Waals surface area contributed by atoms with Crippen LogP contribution in [0.5, 0.6) is 11.5 Å². The number of rotatable bonds is 5. The Kier molecular flexibility index (Phi) is 6.26. The van der Waals surface area contributed by atoms with E-state index in [0.29, 0.717) is 17.1 Å². The van der Waals surface area contributed by atoms with Crippen LogP contribution >= 0.6 is 12.6 Å². The highest BCUT2D eigenvalue weighted by molar-refractivity contribution is 7.80. The average molecular weight is 403 g/mol. The van der Waals surface area contributed by atoms with E-state index in [1.807, 2.05) is 69.3 Å². The molecule has 5 heteroatoms. The summed E-state index contributed by atoms with van der Waals surface area (Å²) in [5, 5.41) is 12.1. The van der Waals surface area contributed by atoms with Gasteiger partial charge < -0.3 is 10.1 Å². The fraction of sp³-hybridized carbons (Fsp3) is 0.167. The van der Waals surface area contributed by atoms with E-state index in [2.05, 4.69) is 24.0 Å². The molecule has 3 aromatic rings. The maximum atomic E-state index is 12.5. The quantitative estimate of drug-likeness (QED) is 0.535. The predicted octanol–water partition coefficient (Wildman–Crippen LogP) is 5.75. The summed E-state index contributed by atoms with van der Waals surface area (Å²) in [6, 6.07) is 18.9. The summed E-state index contributed by atoms with van der Waals surface area (Å²) >= 11 is 4.31. The van der Waals surface area contributed by atoms with Crippen LogP contribution in [-0.2, 0) is 11.2 Å². The molecule has 0 radical (unpaired) electrons. The Morgan fingerprint density at radius 1 is 1.03 bits per heavy atom. The molecule has 0 spiro atoms. The Balaban J connectivity index is 1.76. The minimum absolute atomic E-state index is 0.0999. The van der Waals surface area contributed by atoms with Crippen molar-refractivity contribution in [3.63, 3.8) is 0 Å². The topological polar surface area (TPSA) is 62.1 Å². The van der Waals surface area contributed by atoms with Gasteiger partial charge in [-0.2, -0.15) is 5.26 Å². The first-order valence-electron chi connectivity index (χ1n) is 9.22. The first kappa shape index (κ1) is 20.5. The van der Waals surface area contributed by atoms with E-state index in [4.69, 9.17) is 10.00 Å². The zero-order valence-electron chi connectivity index (χ0n) is 16.6. The molecule has 0 aromatic heterocycles. The van der Waals surface area contributed by atoms with Gasteiger partial charge in [0.1, 0.15) is 11.5 Å². The standard InChI is InChI=1S/C24H22N2O2S/c1-15-8-19(14-25)11-20(9-15)28-23-12-18(5-4-16(23)2)13-24(27)26-22-7-6-21(29)10-17(22)3/h4-12,29H,13H2,1-3H3,(H,26,27). The number of nitrogens with zero attached hydrogens (tertiary/aromatic N) is 1. The molecular weight excluding hydrogens is 380 g/mol. The maximum Gasteiger partial charge on any atom is 0.228 e. The molecule has 0 fully saturated rings. The van der Waals surface area contributed by atoms with E-state index in [0.717, 1.165) is 32.8 Å². The largest absolute Gasteiger partial charge is 0.457 e. The van der Waals surface area contributed by atoms with Crippen molar-refractivity contribution in [1.29, 1.82) is 5.26 Å². The molecule has 146 valence electrons. The SMILES string of the molecule is Cc1cc(C#N)cc(Oc2cc(CC(=O)Nc3ccc(S)cc3C)ccc2C)c1. The number of nitrogens with one attached hydrogen (secondary N) is 1. The van der Waals surface area contributed by atoms with Gasteiger partial charge in [0.25, 0.3) is 0 Å². The minimum atomic E-state index is -0.0999. The zero-order chi connectivity index (χ0) is 21.0. The first-order chi connectivity index (χ1) is 13.8. The first-order valence-corrected chi connectivity index (χ1v) is 9.67. The third-order valence-corrected chi connectivity index (χ3v) is 4.79. The van der Waals surface area contributed by atoms with E-state index in [1.165, 1.54) is 0 Å². The van der Waals surface area contributed by atoms with Gasteiger partial charge >= 0.3 is 0 Å². The highest BCUT2D eigenvalue weighted by atomic mass is 32.1. The van der Waals surface area contributed by atoms with Crippen LogP contribution in [0.15, 0.2) is 59.5 Å². The van der Waals surface area contributed by atoms with Crippen molar-refractivity contribution in [3.05, 3.63) is 82.4 Å². The van der Waals surface area contributed by atoms with E-state index in [-0.39, 0.29) is 12.3 Å². The molecule has 0 aliphatic heterocycles. The Morgan fingerprint density at radius 3 is 2.55 bits per heavy atom. The number of aryl methyl sites for hydroxylation is 3. The molecule has 0 bridgehead atoms. The molecular formula is C24H22N2O2S. The predicted molar refractivity (Wildman–Crippen MR) is 118 cm³/mol. The number of amides is 1. The zero-order valence-corrected chi connectivity index (χ0v) is 17.5. The minimum Gasteiger partial charge on any atom is -0.457 e. The van der Waals surface area contributed by atoms with Crippen molar-refractivity contribution < 1.29 is 9.53 Å². The maximum absolute atomic E-state index is 12.5. The molecule has 3 rings (SSSR count). The van der Waals surface area contributed by atoms with E-state index in [1.54, 1.807) is 6.07 Å². The van der Waals surface area contributed by atoms with Gasteiger partial charge in [0.2, 0.25) is 5.91 Å². The second-order valence-corrected chi connectivity index (χ2v) is 7.59. The lowest BCUT2D eigenvalue weighted by Gasteiger charge is -2.12. The van der Waals surface area contributed by atoms with Crippen LogP contribution in [0.3, 0.4) is 0 Å².